The molecular formula is C8H8O2S. The summed E-state index contributed by atoms with van der Waals surface area (Å²) in [6, 6.07) is 1.90. The van der Waals surface area contributed by atoms with Crippen molar-refractivity contribution in [3.05, 3.63) is 28.0 Å². The standard InChI is InChI=1S/C8H8O2S/c1-6-7(4-5-11-6)2-3-8(9)10/h2-5H,1H3,(H,9,10)/b3-2+. The highest BCUT2D eigenvalue weighted by atomic mass is 32.1. The minimum atomic E-state index is -0.907. The van der Waals surface area contributed by atoms with E-state index in [1.165, 1.54) is 0 Å². The maximum atomic E-state index is 10.1. The predicted molar refractivity (Wildman–Crippen MR) is 45.7 cm³/mol. The number of hydrogen-bond donors (Lipinski definition) is 1. The third-order valence-electron chi connectivity index (χ3n) is 1.30. The summed E-state index contributed by atoms with van der Waals surface area (Å²) < 4.78 is 0. The second-order valence-corrected chi connectivity index (χ2v) is 3.22. The Balaban J connectivity index is 2.79. The van der Waals surface area contributed by atoms with Gasteiger partial charge < -0.3 is 5.11 Å². The highest BCUT2D eigenvalue weighted by molar-refractivity contribution is 7.10. The van der Waals surface area contributed by atoms with Gasteiger partial charge >= 0.3 is 5.97 Å². The molecule has 1 N–H and O–H groups in total. The first kappa shape index (κ1) is 8.01. The first-order valence-corrected chi connectivity index (χ1v) is 4.03. The van der Waals surface area contributed by atoms with Crippen LogP contribution in [0.2, 0.25) is 0 Å². The van der Waals surface area contributed by atoms with Gasteiger partial charge in [-0.3, -0.25) is 0 Å². The highest BCUT2D eigenvalue weighted by Crippen LogP contribution is 2.15. The van der Waals surface area contributed by atoms with E-state index < -0.39 is 5.97 Å². The molecule has 0 aliphatic heterocycles. The summed E-state index contributed by atoms with van der Waals surface area (Å²) in [4.78, 5) is 11.3. The Hall–Kier alpha value is -1.09. The Bertz CT molecular complexity index is 286. The van der Waals surface area contributed by atoms with E-state index in [9.17, 15) is 4.79 Å². The fraction of sp³-hybridized carbons (Fsp3) is 0.125. The van der Waals surface area contributed by atoms with Gasteiger partial charge in [0.25, 0.3) is 0 Å². The molecule has 3 heteroatoms. The quantitative estimate of drug-likeness (QED) is 0.687. The van der Waals surface area contributed by atoms with Gasteiger partial charge in [-0.05, 0) is 30.0 Å². The summed E-state index contributed by atoms with van der Waals surface area (Å²) >= 11 is 1.61. The largest absolute Gasteiger partial charge is 0.478 e. The summed E-state index contributed by atoms with van der Waals surface area (Å²) in [7, 11) is 0. The average molecular weight is 168 g/mol. The summed E-state index contributed by atoms with van der Waals surface area (Å²) in [5, 5.41) is 10.3. The zero-order valence-corrected chi connectivity index (χ0v) is 6.89. The molecule has 0 aliphatic carbocycles. The molecule has 0 aromatic carbocycles. The average Bonchev–Trinajstić information content (AvgIpc) is 2.31. The van der Waals surface area contributed by atoms with E-state index in [2.05, 4.69) is 0 Å². The first-order chi connectivity index (χ1) is 5.20. The number of carboxylic acid groups (broad SMARTS) is 1. The van der Waals surface area contributed by atoms with Crippen LogP contribution >= 0.6 is 11.3 Å². The number of carbonyl (C=O) groups is 1. The fourth-order valence-corrected chi connectivity index (χ4v) is 1.42. The van der Waals surface area contributed by atoms with Gasteiger partial charge in [0.15, 0.2) is 0 Å². The van der Waals surface area contributed by atoms with E-state index in [4.69, 9.17) is 5.11 Å². The molecule has 0 bridgehead atoms. The van der Waals surface area contributed by atoms with E-state index in [0.717, 1.165) is 16.5 Å². The predicted octanol–water partition coefficient (Wildman–Crippen LogP) is 2.15. The SMILES string of the molecule is Cc1sccc1/C=C/C(=O)O. The molecule has 0 saturated carbocycles. The zero-order valence-electron chi connectivity index (χ0n) is 6.07. The molecule has 2 nitrogen and oxygen atoms in total. The van der Waals surface area contributed by atoms with E-state index in [1.54, 1.807) is 17.4 Å². The Morgan fingerprint density at radius 3 is 2.91 bits per heavy atom. The van der Waals surface area contributed by atoms with E-state index in [0.29, 0.717) is 0 Å². The summed E-state index contributed by atoms with van der Waals surface area (Å²) in [5.41, 5.74) is 0.984. The van der Waals surface area contributed by atoms with Crippen LogP contribution in [0.4, 0.5) is 0 Å². The molecule has 0 fully saturated rings. The number of carboxylic acids is 1. The van der Waals surface area contributed by atoms with E-state index in [1.807, 2.05) is 18.4 Å². The van der Waals surface area contributed by atoms with Crippen molar-refractivity contribution < 1.29 is 9.90 Å². The van der Waals surface area contributed by atoms with Gasteiger partial charge in [0, 0.05) is 11.0 Å². The van der Waals surface area contributed by atoms with Crippen LogP contribution in [-0.4, -0.2) is 11.1 Å². The smallest absolute Gasteiger partial charge is 0.328 e. The van der Waals surface area contributed by atoms with Crippen molar-refractivity contribution in [2.45, 2.75) is 6.92 Å². The van der Waals surface area contributed by atoms with Crippen LogP contribution in [-0.2, 0) is 4.79 Å². The molecule has 1 heterocycles. The highest BCUT2D eigenvalue weighted by Gasteiger charge is 1.94. The minimum Gasteiger partial charge on any atom is -0.478 e. The van der Waals surface area contributed by atoms with Crippen LogP contribution in [0.25, 0.3) is 6.08 Å². The van der Waals surface area contributed by atoms with Crippen LogP contribution in [0.3, 0.4) is 0 Å². The number of hydrogen-bond acceptors (Lipinski definition) is 2. The van der Waals surface area contributed by atoms with Crippen LogP contribution < -0.4 is 0 Å². The van der Waals surface area contributed by atoms with Crippen molar-refractivity contribution >= 4 is 23.4 Å². The topological polar surface area (TPSA) is 37.3 Å². The number of aliphatic carboxylic acids is 1. The van der Waals surface area contributed by atoms with Gasteiger partial charge in [0.1, 0.15) is 0 Å². The molecule has 1 aromatic heterocycles. The van der Waals surface area contributed by atoms with E-state index in [-0.39, 0.29) is 0 Å². The van der Waals surface area contributed by atoms with Gasteiger partial charge in [-0.2, -0.15) is 0 Å². The molecule has 0 saturated heterocycles. The summed E-state index contributed by atoms with van der Waals surface area (Å²) in [6.45, 7) is 1.96. The van der Waals surface area contributed by atoms with Crippen molar-refractivity contribution in [2.24, 2.45) is 0 Å². The van der Waals surface area contributed by atoms with Crippen LogP contribution in [0.15, 0.2) is 17.5 Å². The lowest BCUT2D eigenvalue weighted by Crippen LogP contribution is -1.85. The maximum Gasteiger partial charge on any atom is 0.328 e. The normalized spacial score (nSPS) is 10.6. The Labute approximate surface area is 68.8 Å². The van der Waals surface area contributed by atoms with Gasteiger partial charge in [-0.25, -0.2) is 4.79 Å². The second-order valence-electron chi connectivity index (χ2n) is 2.10. The lowest BCUT2D eigenvalue weighted by molar-refractivity contribution is -0.131. The van der Waals surface area contributed by atoms with Gasteiger partial charge in [0.05, 0.1) is 0 Å². The molecule has 1 aromatic rings. The molecule has 0 aliphatic rings. The number of rotatable bonds is 2. The van der Waals surface area contributed by atoms with Crippen molar-refractivity contribution in [3.63, 3.8) is 0 Å². The molecule has 0 spiro atoms. The van der Waals surface area contributed by atoms with Gasteiger partial charge in [0.2, 0.25) is 0 Å². The van der Waals surface area contributed by atoms with Crippen LogP contribution in [0.1, 0.15) is 10.4 Å². The minimum absolute atomic E-state index is 0.907. The molecule has 58 valence electrons. The molecule has 0 unspecified atom stereocenters. The third kappa shape index (κ3) is 2.20. The Morgan fingerprint density at radius 1 is 1.73 bits per heavy atom. The Morgan fingerprint density at radius 2 is 2.45 bits per heavy atom. The first-order valence-electron chi connectivity index (χ1n) is 3.15. The molecule has 1 rings (SSSR count). The maximum absolute atomic E-state index is 10.1. The molecule has 0 atom stereocenters. The molecule has 0 amide bonds. The summed E-state index contributed by atoms with van der Waals surface area (Å²) in [6.07, 6.45) is 2.75. The van der Waals surface area contributed by atoms with Gasteiger partial charge in [-0.15, -0.1) is 11.3 Å². The van der Waals surface area contributed by atoms with Crippen molar-refractivity contribution in [1.29, 1.82) is 0 Å². The molecule has 0 radical (unpaired) electrons. The van der Waals surface area contributed by atoms with E-state index >= 15 is 0 Å². The number of aryl methyl sites for hydroxylation is 1. The molecular weight excluding hydrogens is 160 g/mol. The number of thiophene rings is 1. The second kappa shape index (κ2) is 3.34. The molecule has 11 heavy (non-hydrogen) atoms. The monoisotopic (exact) mass is 168 g/mol. The lowest BCUT2D eigenvalue weighted by atomic mass is 10.2. The van der Waals surface area contributed by atoms with Crippen molar-refractivity contribution in [1.82, 2.24) is 0 Å². The third-order valence-corrected chi connectivity index (χ3v) is 2.17. The fourth-order valence-electron chi connectivity index (χ4n) is 0.729. The zero-order chi connectivity index (χ0) is 8.27. The Kier molecular flexibility index (Phi) is 2.44. The van der Waals surface area contributed by atoms with Crippen LogP contribution in [0, 0.1) is 6.92 Å². The van der Waals surface area contributed by atoms with Crippen molar-refractivity contribution in [2.75, 3.05) is 0 Å². The summed E-state index contributed by atoms with van der Waals surface area (Å²) in [5.74, 6) is -0.907. The van der Waals surface area contributed by atoms with Crippen LogP contribution in [0.5, 0.6) is 0 Å². The van der Waals surface area contributed by atoms with Crippen molar-refractivity contribution in [3.8, 4) is 0 Å². The van der Waals surface area contributed by atoms with Gasteiger partial charge in [-0.1, -0.05) is 0 Å². The lowest BCUT2D eigenvalue weighted by Gasteiger charge is -1.86.